The van der Waals surface area contributed by atoms with Crippen LogP contribution in [0.4, 0.5) is 18.9 Å². The molecule has 0 N–H and O–H groups in total. The van der Waals surface area contributed by atoms with Crippen molar-refractivity contribution in [2.75, 3.05) is 26.2 Å². The summed E-state index contributed by atoms with van der Waals surface area (Å²) in [6.07, 6.45) is -4.73. The summed E-state index contributed by atoms with van der Waals surface area (Å²) in [4.78, 5) is 23.4. The van der Waals surface area contributed by atoms with Crippen LogP contribution < -0.4 is 0 Å². The molecule has 0 aliphatic carbocycles. The molecule has 166 valence electrons. The number of nitrogens with zero attached hydrogens (tertiary/aromatic N) is 3. The van der Waals surface area contributed by atoms with Crippen LogP contribution >= 0.6 is 11.6 Å². The van der Waals surface area contributed by atoms with Crippen LogP contribution in [0.15, 0.2) is 47.4 Å². The number of benzene rings is 2. The fraction of sp³-hybridized carbons (Fsp3) is 0.278. The fourth-order valence-electron chi connectivity index (χ4n) is 3.06. The predicted octanol–water partition coefficient (Wildman–Crippen LogP) is 3.41. The first-order valence-electron chi connectivity index (χ1n) is 8.82. The number of rotatable bonds is 4. The van der Waals surface area contributed by atoms with Gasteiger partial charge in [-0.25, -0.2) is 8.42 Å². The van der Waals surface area contributed by atoms with Gasteiger partial charge < -0.3 is 4.90 Å². The molecule has 0 radical (unpaired) electrons. The number of hydrogen-bond acceptors (Lipinski definition) is 5. The molecule has 2 aromatic rings. The molecule has 1 aliphatic heterocycles. The zero-order valence-electron chi connectivity index (χ0n) is 15.7. The van der Waals surface area contributed by atoms with Crippen LogP contribution in [0.25, 0.3) is 0 Å². The Kier molecular flexibility index (Phi) is 6.25. The maximum atomic E-state index is 13.0. The first-order valence-corrected chi connectivity index (χ1v) is 10.6. The topological polar surface area (TPSA) is 101 Å². The number of hydrogen-bond donors (Lipinski definition) is 0. The monoisotopic (exact) mass is 477 g/mol. The molecular formula is C18H15ClF3N3O5S. The summed E-state index contributed by atoms with van der Waals surface area (Å²) in [7, 11) is -4.32. The number of nitro groups is 1. The molecule has 3 rings (SSSR count). The van der Waals surface area contributed by atoms with Gasteiger partial charge in [-0.1, -0.05) is 11.6 Å². The molecule has 0 spiro atoms. The van der Waals surface area contributed by atoms with Crippen molar-refractivity contribution in [2.45, 2.75) is 11.1 Å². The number of amides is 1. The number of carbonyl (C=O) groups excluding carboxylic acids is 1. The highest BCUT2D eigenvalue weighted by Crippen LogP contribution is 2.34. The summed E-state index contributed by atoms with van der Waals surface area (Å²) in [6, 6.07) is 7.03. The van der Waals surface area contributed by atoms with Crippen LogP contribution in [-0.2, 0) is 16.2 Å². The van der Waals surface area contributed by atoms with Crippen molar-refractivity contribution in [1.82, 2.24) is 9.21 Å². The van der Waals surface area contributed by atoms with Crippen LogP contribution in [0.2, 0.25) is 5.02 Å². The third kappa shape index (κ3) is 4.81. The maximum absolute atomic E-state index is 13.0. The molecule has 1 saturated heterocycles. The van der Waals surface area contributed by atoms with E-state index in [1.165, 1.54) is 29.2 Å². The summed E-state index contributed by atoms with van der Waals surface area (Å²) in [5.41, 5.74) is -1.12. The standard InChI is InChI=1S/C18H15ClF3N3O5S/c19-15-6-3-13(18(20,21)22)11-16(15)31(29,30)24-9-7-23(8-10-24)17(26)12-1-4-14(5-2-12)25(27)28/h1-6,11H,7-10H2. The van der Waals surface area contributed by atoms with Crippen molar-refractivity contribution < 1.29 is 31.3 Å². The van der Waals surface area contributed by atoms with E-state index in [9.17, 15) is 36.5 Å². The minimum atomic E-state index is -4.73. The number of nitro benzene ring substituents is 1. The molecular weight excluding hydrogens is 463 g/mol. The zero-order valence-corrected chi connectivity index (χ0v) is 17.2. The fourth-order valence-corrected chi connectivity index (χ4v) is 4.98. The van der Waals surface area contributed by atoms with Crippen molar-refractivity contribution in [3.05, 3.63) is 68.7 Å². The lowest BCUT2D eigenvalue weighted by molar-refractivity contribution is -0.384. The number of sulfonamides is 1. The SMILES string of the molecule is O=C(c1ccc([N+](=O)[O-])cc1)N1CCN(S(=O)(=O)c2cc(C(F)(F)F)ccc2Cl)CC1. The van der Waals surface area contributed by atoms with Crippen LogP contribution in [0, 0.1) is 10.1 Å². The van der Waals surface area contributed by atoms with Crippen molar-refractivity contribution in [2.24, 2.45) is 0 Å². The minimum absolute atomic E-state index is 0.00830. The van der Waals surface area contributed by atoms with Gasteiger partial charge in [-0.2, -0.15) is 17.5 Å². The Morgan fingerprint density at radius 3 is 2.13 bits per heavy atom. The molecule has 0 unspecified atom stereocenters. The van der Waals surface area contributed by atoms with Crippen LogP contribution in [-0.4, -0.2) is 54.6 Å². The first-order chi connectivity index (χ1) is 14.4. The van der Waals surface area contributed by atoms with Gasteiger partial charge in [0.05, 0.1) is 15.5 Å². The van der Waals surface area contributed by atoms with Gasteiger partial charge >= 0.3 is 6.18 Å². The van der Waals surface area contributed by atoms with Gasteiger partial charge in [0.1, 0.15) is 4.90 Å². The normalized spacial score (nSPS) is 15.7. The Morgan fingerprint density at radius 2 is 1.61 bits per heavy atom. The second kappa shape index (κ2) is 8.44. The molecule has 1 fully saturated rings. The molecule has 31 heavy (non-hydrogen) atoms. The van der Waals surface area contributed by atoms with Crippen LogP contribution in [0.5, 0.6) is 0 Å². The first kappa shape index (κ1) is 23.0. The summed E-state index contributed by atoms with van der Waals surface area (Å²) >= 11 is 5.86. The van der Waals surface area contributed by atoms with E-state index in [1.54, 1.807) is 0 Å². The molecule has 13 heteroatoms. The van der Waals surface area contributed by atoms with E-state index in [-0.39, 0.29) is 42.5 Å². The Balaban J connectivity index is 1.74. The van der Waals surface area contributed by atoms with E-state index in [4.69, 9.17) is 11.6 Å². The second-order valence-corrected chi connectivity index (χ2v) is 8.96. The van der Waals surface area contributed by atoms with Crippen molar-refractivity contribution in [3.8, 4) is 0 Å². The summed E-state index contributed by atoms with van der Waals surface area (Å²) in [5.74, 6) is -0.441. The lowest BCUT2D eigenvalue weighted by atomic mass is 10.1. The van der Waals surface area contributed by atoms with Gasteiger partial charge in [0, 0.05) is 43.9 Å². The molecule has 2 aromatic carbocycles. The number of alkyl halides is 3. The van der Waals surface area contributed by atoms with Crippen molar-refractivity contribution in [3.63, 3.8) is 0 Å². The van der Waals surface area contributed by atoms with Gasteiger partial charge in [0.15, 0.2) is 0 Å². The number of non-ortho nitro benzene ring substituents is 1. The van der Waals surface area contributed by atoms with Gasteiger partial charge in [-0.05, 0) is 30.3 Å². The average molecular weight is 478 g/mol. The van der Waals surface area contributed by atoms with Crippen molar-refractivity contribution in [1.29, 1.82) is 0 Å². The molecule has 0 aromatic heterocycles. The highest BCUT2D eigenvalue weighted by Gasteiger charge is 2.36. The van der Waals surface area contributed by atoms with Crippen LogP contribution in [0.3, 0.4) is 0 Å². The molecule has 1 heterocycles. The quantitative estimate of drug-likeness (QED) is 0.496. The van der Waals surface area contributed by atoms with Crippen molar-refractivity contribution >= 4 is 33.2 Å². The third-order valence-electron chi connectivity index (χ3n) is 4.73. The summed E-state index contributed by atoms with van der Waals surface area (Å²) in [6.45, 7) is -0.307. The predicted molar refractivity (Wildman–Crippen MR) is 104 cm³/mol. The number of piperazine rings is 1. The lowest BCUT2D eigenvalue weighted by Gasteiger charge is -2.34. The molecule has 8 nitrogen and oxygen atoms in total. The van der Waals surface area contributed by atoms with E-state index in [0.29, 0.717) is 12.1 Å². The van der Waals surface area contributed by atoms with Gasteiger partial charge in [-0.15, -0.1) is 0 Å². The third-order valence-corrected chi connectivity index (χ3v) is 7.11. The van der Waals surface area contributed by atoms with E-state index in [0.717, 1.165) is 10.4 Å². The minimum Gasteiger partial charge on any atom is -0.336 e. The van der Waals surface area contributed by atoms with E-state index < -0.39 is 37.5 Å². The lowest BCUT2D eigenvalue weighted by Crippen LogP contribution is -2.50. The zero-order chi connectivity index (χ0) is 23.0. The van der Waals surface area contributed by atoms with E-state index in [2.05, 4.69) is 0 Å². The summed E-state index contributed by atoms with van der Waals surface area (Å²) in [5, 5.41) is 10.4. The molecule has 1 aliphatic rings. The molecule has 0 atom stereocenters. The number of carbonyl (C=O) groups is 1. The Bertz CT molecular complexity index is 1120. The Hall–Kier alpha value is -2.70. The Morgan fingerprint density at radius 1 is 1.03 bits per heavy atom. The van der Waals surface area contributed by atoms with Gasteiger partial charge in [-0.3, -0.25) is 14.9 Å². The van der Waals surface area contributed by atoms with E-state index >= 15 is 0 Å². The van der Waals surface area contributed by atoms with Gasteiger partial charge in [0.2, 0.25) is 10.0 Å². The smallest absolute Gasteiger partial charge is 0.336 e. The average Bonchev–Trinajstić information content (AvgIpc) is 2.72. The molecule has 0 saturated carbocycles. The maximum Gasteiger partial charge on any atom is 0.416 e. The highest BCUT2D eigenvalue weighted by molar-refractivity contribution is 7.89. The largest absolute Gasteiger partial charge is 0.416 e. The van der Waals surface area contributed by atoms with Crippen LogP contribution in [0.1, 0.15) is 15.9 Å². The number of halogens is 4. The molecule has 0 bridgehead atoms. The van der Waals surface area contributed by atoms with Gasteiger partial charge in [0.25, 0.3) is 11.6 Å². The summed E-state index contributed by atoms with van der Waals surface area (Å²) < 4.78 is 65.6. The Labute approximate surface area is 180 Å². The second-order valence-electron chi connectivity index (χ2n) is 6.64. The van der Waals surface area contributed by atoms with E-state index in [1.807, 2.05) is 0 Å². The molecule has 1 amide bonds. The highest BCUT2D eigenvalue weighted by atomic mass is 35.5.